The highest BCUT2D eigenvalue weighted by Crippen LogP contribution is 2.37. The van der Waals surface area contributed by atoms with Crippen LogP contribution < -0.4 is 5.32 Å². The minimum Gasteiger partial charge on any atom is -0.373 e. The van der Waals surface area contributed by atoms with Crippen molar-refractivity contribution in [2.24, 2.45) is 13.0 Å². The highest BCUT2D eigenvalue weighted by atomic mass is 16.5. The third-order valence-corrected chi connectivity index (χ3v) is 5.14. The second kappa shape index (κ2) is 6.53. The van der Waals surface area contributed by atoms with Crippen molar-refractivity contribution in [2.75, 3.05) is 13.2 Å². The summed E-state index contributed by atoms with van der Waals surface area (Å²) in [6.07, 6.45) is 4.22. The minimum absolute atomic E-state index is 0.0238. The molecule has 0 radical (unpaired) electrons. The maximum Gasteiger partial charge on any atom is 0.252 e. The smallest absolute Gasteiger partial charge is 0.252 e. The van der Waals surface area contributed by atoms with Gasteiger partial charge in [-0.2, -0.15) is 5.10 Å². The van der Waals surface area contributed by atoms with Crippen LogP contribution in [0.25, 0.3) is 5.65 Å². The first kappa shape index (κ1) is 16.7. The molecule has 1 aliphatic rings. The fourth-order valence-corrected chi connectivity index (χ4v) is 3.65. The number of carbonyl (C=O) groups is 1. The van der Waals surface area contributed by atoms with Crippen molar-refractivity contribution in [3.05, 3.63) is 47.2 Å². The van der Waals surface area contributed by atoms with Gasteiger partial charge in [0.1, 0.15) is 6.33 Å². The zero-order chi connectivity index (χ0) is 18.3. The number of hydrogen-bond donors (Lipinski definition) is 1. The molecule has 3 aromatic heterocycles. The molecule has 1 fully saturated rings. The minimum atomic E-state index is -0.106. The Labute approximate surface area is 151 Å². The van der Waals surface area contributed by atoms with Crippen LogP contribution >= 0.6 is 0 Å². The van der Waals surface area contributed by atoms with E-state index in [1.165, 1.54) is 0 Å². The largest absolute Gasteiger partial charge is 0.373 e. The molecule has 0 spiro atoms. The van der Waals surface area contributed by atoms with E-state index in [0.717, 1.165) is 23.4 Å². The van der Waals surface area contributed by atoms with Crippen molar-refractivity contribution in [3.8, 4) is 0 Å². The number of fused-ring (bicyclic) bond motifs is 1. The molecule has 4 heterocycles. The van der Waals surface area contributed by atoms with Crippen LogP contribution in [-0.4, -0.2) is 43.4 Å². The molecule has 0 aromatic carbocycles. The van der Waals surface area contributed by atoms with Crippen molar-refractivity contribution in [1.29, 1.82) is 0 Å². The lowest BCUT2D eigenvalue weighted by Crippen LogP contribution is -2.31. The van der Waals surface area contributed by atoms with Crippen molar-refractivity contribution >= 4 is 11.6 Å². The number of aromatic nitrogens is 5. The third-order valence-electron chi connectivity index (χ3n) is 5.14. The van der Waals surface area contributed by atoms with Crippen molar-refractivity contribution in [2.45, 2.75) is 26.4 Å². The predicted octanol–water partition coefficient (Wildman–Crippen LogP) is 1.59. The summed E-state index contributed by atoms with van der Waals surface area (Å²) in [6.45, 7) is 5.33. The summed E-state index contributed by atoms with van der Waals surface area (Å²) in [6, 6.07) is 3.54. The Bertz CT molecular complexity index is 960. The van der Waals surface area contributed by atoms with E-state index in [9.17, 15) is 4.79 Å². The lowest BCUT2D eigenvalue weighted by Gasteiger charge is -2.20. The van der Waals surface area contributed by atoms with Gasteiger partial charge in [-0.3, -0.25) is 13.9 Å². The molecule has 1 N–H and O–H groups in total. The highest BCUT2D eigenvalue weighted by molar-refractivity contribution is 5.94. The van der Waals surface area contributed by atoms with Gasteiger partial charge in [0.15, 0.2) is 5.65 Å². The summed E-state index contributed by atoms with van der Waals surface area (Å²) in [5.41, 5.74) is 4.56. The van der Waals surface area contributed by atoms with E-state index in [-0.39, 0.29) is 17.9 Å². The number of rotatable bonds is 4. The van der Waals surface area contributed by atoms with E-state index < -0.39 is 0 Å². The molecule has 0 saturated carbocycles. The van der Waals surface area contributed by atoms with Gasteiger partial charge in [-0.15, -0.1) is 10.2 Å². The van der Waals surface area contributed by atoms with Crippen LogP contribution in [0.4, 0.5) is 0 Å². The summed E-state index contributed by atoms with van der Waals surface area (Å²) >= 11 is 0. The standard InChI is InChI=1S/C18H22N6O2/c1-11-16(12(2)23(3)22-11)17-13(6-7-26-17)8-19-18(25)14-4-5-15-21-20-10-24(15)9-14/h4-5,9-10,13,17H,6-8H2,1-3H3,(H,19,25)/t13-,17+/m1/s1. The molecular formula is C18H22N6O2. The first-order valence-corrected chi connectivity index (χ1v) is 8.74. The van der Waals surface area contributed by atoms with Gasteiger partial charge in [0.2, 0.25) is 0 Å². The first-order chi connectivity index (χ1) is 12.5. The second-order valence-electron chi connectivity index (χ2n) is 6.77. The number of amides is 1. The van der Waals surface area contributed by atoms with Gasteiger partial charge in [-0.1, -0.05) is 0 Å². The van der Waals surface area contributed by atoms with E-state index >= 15 is 0 Å². The van der Waals surface area contributed by atoms with Gasteiger partial charge in [0.25, 0.3) is 5.91 Å². The average molecular weight is 354 g/mol. The Morgan fingerprint density at radius 1 is 1.38 bits per heavy atom. The maximum atomic E-state index is 12.5. The van der Waals surface area contributed by atoms with Gasteiger partial charge >= 0.3 is 0 Å². The van der Waals surface area contributed by atoms with Gasteiger partial charge in [0.05, 0.1) is 17.4 Å². The quantitative estimate of drug-likeness (QED) is 0.769. The van der Waals surface area contributed by atoms with Crippen molar-refractivity contribution in [3.63, 3.8) is 0 Å². The number of nitrogens with one attached hydrogen (secondary N) is 1. The lowest BCUT2D eigenvalue weighted by atomic mass is 9.94. The van der Waals surface area contributed by atoms with Crippen LogP contribution in [0.5, 0.6) is 0 Å². The molecular weight excluding hydrogens is 332 g/mol. The lowest BCUT2D eigenvalue weighted by molar-refractivity contribution is 0.0840. The van der Waals surface area contributed by atoms with Gasteiger partial charge in [0, 0.05) is 43.6 Å². The number of carbonyl (C=O) groups excluding carboxylic acids is 1. The number of aryl methyl sites for hydroxylation is 2. The first-order valence-electron chi connectivity index (χ1n) is 8.74. The van der Waals surface area contributed by atoms with Crippen LogP contribution in [0.3, 0.4) is 0 Å². The Hall–Kier alpha value is -2.74. The second-order valence-corrected chi connectivity index (χ2v) is 6.77. The van der Waals surface area contributed by atoms with Crippen LogP contribution in [0, 0.1) is 19.8 Å². The summed E-state index contributed by atoms with van der Waals surface area (Å²) in [5.74, 6) is 0.130. The molecule has 26 heavy (non-hydrogen) atoms. The Morgan fingerprint density at radius 3 is 3.00 bits per heavy atom. The summed E-state index contributed by atoms with van der Waals surface area (Å²) < 4.78 is 9.61. The molecule has 0 aliphatic carbocycles. The Kier molecular flexibility index (Phi) is 4.20. The van der Waals surface area contributed by atoms with Crippen molar-refractivity contribution in [1.82, 2.24) is 29.7 Å². The molecule has 2 atom stereocenters. The monoisotopic (exact) mass is 354 g/mol. The Balaban J connectivity index is 1.47. The van der Waals surface area contributed by atoms with Gasteiger partial charge in [-0.05, 0) is 32.4 Å². The molecule has 8 nitrogen and oxygen atoms in total. The zero-order valence-corrected chi connectivity index (χ0v) is 15.1. The summed E-state index contributed by atoms with van der Waals surface area (Å²) in [4.78, 5) is 12.5. The van der Waals surface area contributed by atoms with E-state index in [2.05, 4.69) is 27.5 Å². The summed E-state index contributed by atoms with van der Waals surface area (Å²) in [5, 5.41) is 15.3. The molecule has 0 bridgehead atoms. The molecule has 1 saturated heterocycles. The Morgan fingerprint density at radius 2 is 2.23 bits per heavy atom. The molecule has 8 heteroatoms. The normalized spacial score (nSPS) is 20.0. The number of pyridine rings is 1. The third kappa shape index (κ3) is 2.86. The van der Waals surface area contributed by atoms with Gasteiger partial charge < -0.3 is 10.1 Å². The van der Waals surface area contributed by atoms with Crippen LogP contribution in [0.2, 0.25) is 0 Å². The fourth-order valence-electron chi connectivity index (χ4n) is 3.65. The van der Waals surface area contributed by atoms with E-state index in [0.29, 0.717) is 24.4 Å². The molecule has 4 rings (SSSR count). The number of hydrogen-bond acceptors (Lipinski definition) is 5. The van der Waals surface area contributed by atoms with E-state index in [4.69, 9.17) is 4.74 Å². The fraction of sp³-hybridized carbons (Fsp3) is 0.444. The van der Waals surface area contributed by atoms with Crippen molar-refractivity contribution < 1.29 is 9.53 Å². The average Bonchev–Trinajstić information content (AvgIpc) is 3.32. The molecule has 1 amide bonds. The topological polar surface area (TPSA) is 86.3 Å². The molecule has 136 valence electrons. The summed E-state index contributed by atoms with van der Waals surface area (Å²) in [7, 11) is 1.94. The zero-order valence-electron chi connectivity index (χ0n) is 15.1. The maximum absolute atomic E-state index is 12.5. The molecule has 1 aliphatic heterocycles. The van der Waals surface area contributed by atoms with E-state index in [1.807, 2.05) is 18.7 Å². The van der Waals surface area contributed by atoms with Crippen LogP contribution in [-0.2, 0) is 11.8 Å². The molecule has 0 unspecified atom stereocenters. The SMILES string of the molecule is Cc1nn(C)c(C)c1[C@H]1OCC[C@@H]1CNC(=O)c1ccc2nncn2c1. The molecule has 3 aromatic rings. The number of ether oxygens (including phenoxy) is 1. The van der Waals surface area contributed by atoms with Gasteiger partial charge in [-0.25, -0.2) is 0 Å². The highest BCUT2D eigenvalue weighted by Gasteiger charge is 2.33. The van der Waals surface area contributed by atoms with E-state index in [1.54, 1.807) is 29.1 Å². The van der Waals surface area contributed by atoms with Crippen LogP contribution in [0.15, 0.2) is 24.7 Å². The van der Waals surface area contributed by atoms with Crippen LogP contribution in [0.1, 0.15) is 39.8 Å². The number of nitrogens with zero attached hydrogens (tertiary/aromatic N) is 5. The predicted molar refractivity (Wildman–Crippen MR) is 94.8 cm³/mol.